The van der Waals surface area contributed by atoms with Crippen molar-refractivity contribution in [3.63, 3.8) is 0 Å². The molecule has 7 heteroatoms. The van der Waals surface area contributed by atoms with Crippen molar-refractivity contribution < 1.29 is 8.42 Å². The molecule has 4 aromatic rings. The Labute approximate surface area is 231 Å². The Hall–Kier alpha value is -3.42. The van der Waals surface area contributed by atoms with Gasteiger partial charge in [-0.05, 0) is 78.9 Å². The Kier molecular flexibility index (Phi) is 7.40. The summed E-state index contributed by atoms with van der Waals surface area (Å²) in [7, 11) is -1.51. The quantitative estimate of drug-likeness (QED) is 0.327. The smallest absolute Gasteiger partial charge is 0.258 e. The van der Waals surface area contributed by atoms with Gasteiger partial charge in [-0.15, -0.1) is 0 Å². The van der Waals surface area contributed by atoms with E-state index in [2.05, 4.69) is 67.0 Å². The van der Waals surface area contributed by atoms with E-state index in [1.165, 1.54) is 11.9 Å². The normalized spacial score (nSPS) is 14.9. The van der Waals surface area contributed by atoms with E-state index in [-0.39, 0.29) is 10.5 Å². The van der Waals surface area contributed by atoms with Crippen molar-refractivity contribution in [3.8, 4) is 22.3 Å². The second-order valence-electron chi connectivity index (χ2n) is 10.8. The highest BCUT2D eigenvalue weighted by Gasteiger charge is 2.20. The molecule has 0 spiro atoms. The minimum atomic E-state index is -3.31. The van der Waals surface area contributed by atoms with Crippen molar-refractivity contribution in [1.82, 2.24) is 9.47 Å². The highest BCUT2D eigenvalue weighted by Crippen LogP contribution is 2.32. The van der Waals surface area contributed by atoms with E-state index in [9.17, 15) is 13.2 Å². The Morgan fingerprint density at radius 2 is 1.41 bits per heavy atom. The number of fused-ring (bicyclic) bond motifs is 1. The van der Waals surface area contributed by atoms with Gasteiger partial charge in [-0.1, -0.05) is 37.3 Å². The number of hydrogen-bond acceptors (Lipinski definition) is 5. The molecule has 1 fully saturated rings. The van der Waals surface area contributed by atoms with Gasteiger partial charge in [0, 0.05) is 56.6 Å². The summed E-state index contributed by atoms with van der Waals surface area (Å²) < 4.78 is 25.6. The van der Waals surface area contributed by atoms with Crippen LogP contribution in [0.5, 0.6) is 0 Å². The predicted octanol–water partition coefficient (Wildman–Crippen LogP) is 5.37. The number of sulfone groups is 1. The average Bonchev–Trinajstić information content (AvgIpc) is 2.94. The first-order valence-corrected chi connectivity index (χ1v) is 15.5. The van der Waals surface area contributed by atoms with Crippen LogP contribution >= 0.6 is 0 Å². The third-order valence-corrected chi connectivity index (χ3v) is 9.17. The van der Waals surface area contributed by atoms with Crippen LogP contribution in [0.4, 0.5) is 5.69 Å². The number of nitrogens with zero attached hydrogens (tertiary/aromatic N) is 3. The summed E-state index contributed by atoms with van der Waals surface area (Å²) in [4.78, 5) is 18.7. The molecule has 1 aliphatic heterocycles. The first-order chi connectivity index (χ1) is 18.6. The van der Waals surface area contributed by atoms with Gasteiger partial charge in [-0.2, -0.15) is 0 Å². The van der Waals surface area contributed by atoms with Crippen LogP contribution in [-0.2, 0) is 23.3 Å². The molecule has 39 heavy (non-hydrogen) atoms. The van der Waals surface area contributed by atoms with E-state index < -0.39 is 9.84 Å². The fourth-order valence-electron chi connectivity index (χ4n) is 5.69. The van der Waals surface area contributed by atoms with Gasteiger partial charge >= 0.3 is 0 Å². The van der Waals surface area contributed by atoms with Gasteiger partial charge in [-0.3, -0.25) is 9.69 Å². The SMILES string of the molecule is CCc1c(-c2ccc(S(C)(=O)=O)cc2)c(=O)n(C)c2ccc(-c3ccc(N4CCN(C(C)C)CC4)cc3)cc12. The highest BCUT2D eigenvalue weighted by molar-refractivity contribution is 7.90. The number of rotatable bonds is 6. The van der Waals surface area contributed by atoms with Gasteiger partial charge in [0.25, 0.3) is 5.56 Å². The molecule has 0 unspecified atom stereocenters. The van der Waals surface area contributed by atoms with Crippen LogP contribution in [0.3, 0.4) is 0 Å². The summed E-state index contributed by atoms with van der Waals surface area (Å²) in [5.74, 6) is 0. The topological polar surface area (TPSA) is 62.6 Å². The lowest BCUT2D eigenvalue weighted by atomic mass is 9.93. The van der Waals surface area contributed by atoms with Crippen LogP contribution < -0.4 is 10.5 Å². The zero-order valence-electron chi connectivity index (χ0n) is 23.4. The zero-order valence-corrected chi connectivity index (χ0v) is 24.3. The lowest BCUT2D eigenvalue weighted by molar-refractivity contribution is 0.209. The summed E-state index contributed by atoms with van der Waals surface area (Å²) >= 11 is 0. The minimum absolute atomic E-state index is 0.0823. The first-order valence-electron chi connectivity index (χ1n) is 13.6. The van der Waals surface area contributed by atoms with E-state index >= 15 is 0 Å². The predicted molar refractivity (Wildman–Crippen MR) is 161 cm³/mol. The third-order valence-electron chi connectivity index (χ3n) is 8.04. The summed E-state index contributed by atoms with van der Waals surface area (Å²) in [6, 6.07) is 22.3. The number of benzene rings is 3. The minimum Gasteiger partial charge on any atom is -0.369 e. The number of pyridine rings is 1. The Balaban J connectivity index is 1.52. The molecule has 0 aliphatic carbocycles. The molecule has 0 N–H and O–H groups in total. The molecule has 1 saturated heterocycles. The number of anilines is 1. The van der Waals surface area contributed by atoms with E-state index in [0.29, 0.717) is 18.0 Å². The van der Waals surface area contributed by atoms with Gasteiger partial charge < -0.3 is 9.47 Å². The van der Waals surface area contributed by atoms with Gasteiger partial charge in [0.2, 0.25) is 0 Å². The van der Waals surface area contributed by atoms with Crippen molar-refractivity contribution in [2.24, 2.45) is 7.05 Å². The first kappa shape index (κ1) is 27.2. The van der Waals surface area contributed by atoms with Crippen LogP contribution in [0.2, 0.25) is 0 Å². The lowest BCUT2D eigenvalue weighted by Gasteiger charge is -2.38. The van der Waals surface area contributed by atoms with Crippen molar-refractivity contribution >= 4 is 26.4 Å². The summed E-state index contributed by atoms with van der Waals surface area (Å²) in [6.07, 6.45) is 1.87. The molecule has 1 aliphatic rings. The van der Waals surface area contributed by atoms with Crippen molar-refractivity contribution in [1.29, 1.82) is 0 Å². The summed E-state index contributed by atoms with van der Waals surface area (Å²) in [5.41, 5.74) is 6.62. The molecule has 1 aromatic heterocycles. The van der Waals surface area contributed by atoms with Crippen LogP contribution in [-0.4, -0.2) is 56.4 Å². The summed E-state index contributed by atoms with van der Waals surface area (Å²) in [5, 5.41) is 1.04. The molecule has 2 heterocycles. The van der Waals surface area contributed by atoms with Crippen LogP contribution in [0.25, 0.3) is 33.2 Å². The van der Waals surface area contributed by atoms with E-state index in [1.54, 1.807) is 35.9 Å². The highest BCUT2D eigenvalue weighted by atomic mass is 32.2. The zero-order chi connectivity index (χ0) is 27.9. The van der Waals surface area contributed by atoms with Gasteiger partial charge in [0.1, 0.15) is 0 Å². The number of aryl methyl sites for hydroxylation is 2. The molecule has 0 bridgehead atoms. The Morgan fingerprint density at radius 1 is 0.821 bits per heavy atom. The van der Waals surface area contributed by atoms with E-state index in [4.69, 9.17) is 0 Å². The number of piperazine rings is 1. The lowest BCUT2D eigenvalue weighted by Crippen LogP contribution is -2.48. The molecule has 0 radical (unpaired) electrons. The fraction of sp³-hybridized carbons (Fsp3) is 0.344. The monoisotopic (exact) mass is 543 g/mol. The molecule has 0 saturated carbocycles. The Morgan fingerprint density at radius 3 is 1.97 bits per heavy atom. The van der Waals surface area contributed by atoms with Crippen molar-refractivity contribution in [3.05, 3.63) is 82.6 Å². The fourth-order valence-corrected chi connectivity index (χ4v) is 6.32. The number of hydrogen-bond donors (Lipinski definition) is 0. The van der Waals surface area contributed by atoms with E-state index in [0.717, 1.165) is 59.3 Å². The molecule has 6 nitrogen and oxygen atoms in total. The van der Waals surface area contributed by atoms with Crippen LogP contribution in [0.15, 0.2) is 76.4 Å². The maximum atomic E-state index is 13.5. The second-order valence-corrected chi connectivity index (χ2v) is 12.8. The van der Waals surface area contributed by atoms with E-state index in [1.807, 2.05) is 6.07 Å². The maximum absolute atomic E-state index is 13.5. The van der Waals surface area contributed by atoms with Gasteiger partial charge in [0.15, 0.2) is 9.84 Å². The molecule has 0 atom stereocenters. The standard InChI is InChI=1S/C32H37N3O3S/c1-6-28-29-21-25(23-7-12-26(13-8-23)35-19-17-34(18-20-35)22(2)3)11-16-30(29)33(4)32(36)31(28)24-9-14-27(15-10-24)39(5,37)38/h7-16,21-22H,6,17-20H2,1-5H3. The van der Waals surface area contributed by atoms with Crippen LogP contribution in [0.1, 0.15) is 26.3 Å². The molecular formula is C32H37N3O3S. The summed E-state index contributed by atoms with van der Waals surface area (Å²) in [6.45, 7) is 10.8. The largest absolute Gasteiger partial charge is 0.369 e. The number of aromatic nitrogens is 1. The second kappa shape index (κ2) is 10.6. The molecule has 204 valence electrons. The van der Waals surface area contributed by atoms with Gasteiger partial charge in [0.05, 0.1) is 16.0 Å². The maximum Gasteiger partial charge on any atom is 0.258 e. The molecule has 3 aromatic carbocycles. The Bertz CT molecular complexity index is 1660. The van der Waals surface area contributed by atoms with Crippen LogP contribution in [0, 0.1) is 0 Å². The molecule has 0 amide bonds. The molecular weight excluding hydrogens is 506 g/mol. The average molecular weight is 544 g/mol. The van der Waals surface area contributed by atoms with Crippen molar-refractivity contribution in [2.45, 2.75) is 38.1 Å². The third kappa shape index (κ3) is 5.25. The van der Waals surface area contributed by atoms with Gasteiger partial charge in [-0.25, -0.2) is 8.42 Å². The van der Waals surface area contributed by atoms with Crippen molar-refractivity contribution in [2.75, 3.05) is 37.3 Å². The molecule has 5 rings (SSSR count).